The number of nitrogens with zero attached hydrogens (tertiary/aromatic N) is 1. The normalized spacial score (nSPS) is 16.7. The maximum atomic E-state index is 12.8. The number of benzene rings is 2. The standard InChI is InChI=1S/C18H17NO4/c1-12-7-8-15-14(11-12)19(10-9-16(20)21)18(22)17(23-15)13-5-3-2-4-6-13/h2-8,11,17H,9-10H2,1H3,(H,20,21). The van der Waals surface area contributed by atoms with Gasteiger partial charge in [-0.3, -0.25) is 9.59 Å². The van der Waals surface area contributed by atoms with Crippen LogP contribution in [0.3, 0.4) is 0 Å². The van der Waals surface area contributed by atoms with Crippen molar-refractivity contribution in [1.29, 1.82) is 0 Å². The van der Waals surface area contributed by atoms with Gasteiger partial charge in [0.15, 0.2) is 0 Å². The Morgan fingerprint density at radius 1 is 1.22 bits per heavy atom. The number of aryl methyl sites for hydroxylation is 1. The Morgan fingerprint density at radius 2 is 1.96 bits per heavy atom. The van der Waals surface area contributed by atoms with Crippen molar-refractivity contribution in [2.24, 2.45) is 0 Å². The molecule has 1 N–H and O–H groups in total. The average Bonchev–Trinajstić information content (AvgIpc) is 2.54. The number of carbonyl (C=O) groups excluding carboxylic acids is 1. The first-order valence-electron chi connectivity index (χ1n) is 7.41. The van der Waals surface area contributed by atoms with Crippen molar-refractivity contribution in [1.82, 2.24) is 0 Å². The Morgan fingerprint density at radius 3 is 2.65 bits per heavy atom. The third-order valence-corrected chi connectivity index (χ3v) is 3.79. The molecule has 5 heteroatoms. The van der Waals surface area contributed by atoms with E-state index in [9.17, 15) is 9.59 Å². The molecule has 1 aliphatic rings. The second-order valence-electron chi connectivity index (χ2n) is 5.51. The SMILES string of the molecule is Cc1ccc2c(c1)N(CCC(=O)O)C(=O)C(c1ccccc1)O2. The number of fused-ring (bicyclic) bond motifs is 1. The van der Waals surface area contributed by atoms with E-state index in [4.69, 9.17) is 9.84 Å². The van der Waals surface area contributed by atoms with Crippen LogP contribution in [0, 0.1) is 6.92 Å². The first-order chi connectivity index (χ1) is 11.1. The van der Waals surface area contributed by atoms with Crippen LogP contribution >= 0.6 is 0 Å². The summed E-state index contributed by atoms with van der Waals surface area (Å²) >= 11 is 0. The van der Waals surface area contributed by atoms with Gasteiger partial charge in [-0.2, -0.15) is 0 Å². The fourth-order valence-corrected chi connectivity index (χ4v) is 2.65. The summed E-state index contributed by atoms with van der Waals surface area (Å²) in [5.41, 5.74) is 2.37. The number of carbonyl (C=O) groups is 2. The molecule has 23 heavy (non-hydrogen) atoms. The number of carboxylic acids is 1. The number of amides is 1. The quantitative estimate of drug-likeness (QED) is 0.942. The van der Waals surface area contributed by atoms with Gasteiger partial charge in [-0.25, -0.2) is 0 Å². The van der Waals surface area contributed by atoms with Crippen LogP contribution in [-0.4, -0.2) is 23.5 Å². The number of anilines is 1. The Labute approximate surface area is 134 Å². The maximum absolute atomic E-state index is 12.8. The summed E-state index contributed by atoms with van der Waals surface area (Å²) < 4.78 is 5.88. The molecule has 5 nitrogen and oxygen atoms in total. The van der Waals surface area contributed by atoms with Gasteiger partial charge in [-0.05, 0) is 24.6 Å². The van der Waals surface area contributed by atoms with E-state index >= 15 is 0 Å². The first-order valence-corrected chi connectivity index (χ1v) is 7.41. The van der Waals surface area contributed by atoms with E-state index in [1.54, 1.807) is 0 Å². The molecule has 1 unspecified atom stereocenters. The van der Waals surface area contributed by atoms with Crippen LogP contribution in [0.1, 0.15) is 23.7 Å². The molecule has 2 aromatic rings. The lowest BCUT2D eigenvalue weighted by Gasteiger charge is -2.34. The summed E-state index contributed by atoms with van der Waals surface area (Å²) in [7, 11) is 0. The van der Waals surface area contributed by atoms with E-state index in [0.717, 1.165) is 11.1 Å². The van der Waals surface area contributed by atoms with Gasteiger partial charge < -0.3 is 14.7 Å². The monoisotopic (exact) mass is 311 g/mol. The van der Waals surface area contributed by atoms with Crippen LogP contribution < -0.4 is 9.64 Å². The lowest BCUT2D eigenvalue weighted by molar-refractivity contribution is -0.136. The highest BCUT2D eigenvalue weighted by molar-refractivity contribution is 6.01. The molecule has 1 amide bonds. The molecule has 3 rings (SSSR count). The van der Waals surface area contributed by atoms with E-state index in [0.29, 0.717) is 11.4 Å². The van der Waals surface area contributed by atoms with Gasteiger partial charge >= 0.3 is 5.97 Å². The van der Waals surface area contributed by atoms with Crippen molar-refractivity contribution in [3.63, 3.8) is 0 Å². The molecular weight excluding hydrogens is 294 g/mol. The number of ether oxygens (including phenoxy) is 1. The molecule has 0 fully saturated rings. The van der Waals surface area contributed by atoms with Crippen molar-refractivity contribution >= 4 is 17.6 Å². The lowest BCUT2D eigenvalue weighted by Crippen LogP contribution is -2.42. The summed E-state index contributed by atoms with van der Waals surface area (Å²) in [5, 5.41) is 8.95. The van der Waals surface area contributed by atoms with Gasteiger partial charge in [-0.15, -0.1) is 0 Å². The molecule has 1 aliphatic heterocycles. The molecule has 2 aromatic carbocycles. The Kier molecular flexibility index (Phi) is 4.02. The number of hydrogen-bond donors (Lipinski definition) is 1. The summed E-state index contributed by atoms with van der Waals surface area (Å²) in [6.45, 7) is 2.04. The minimum atomic E-state index is -0.935. The second kappa shape index (κ2) is 6.12. The summed E-state index contributed by atoms with van der Waals surface area (Å²) in [4.78, 5) is 25.2. The Balaban J connectivity index is 2.00. The Hall–Kier alpha value is -2.82. The maximum Gasteiger partial charge on any atom is 0.305 e. The molecule has 1 atom stereocenters. The fraction of sp³-hybridized carbons (Fsp3) is 0.222. The lowest BCUT2D eigenvalue weighted by atomic mass is 10.0. The molecular formula is C18H17NO4. The van der Waals surface area contributed by atoms with Crippen LogP contribution in [0.4, 0.5) is 5.69 Å². The first kappa shape index (κ1) is 15.1. The zero-order valence-electron chi connectivity index (χ0n) is 12.7. The molecule has 0 aliphatic carbocycles. The number of hydrogen-bond acceptors (Lipinski definition) is 3. The molecule has 1 heterocycles. The van der Waals surface area contributed by atoms with Gasteiger partial charge in [0.05, 0.1) is 12.1 Å². The average molecular weight is 311 g/mol. The van der Waals surface area contributed by atoms with Crippen molar-refractivity contribution < 1.29 is 19.4 Å². The van der Waals surface area contributed by atoms with Crippen molar-refractivity contribution in [3.8, 4) is 5.75 Å². The minimum Gasteiger partial charge on any atom is -0.481 e. The molecule has 0 aromatic heterocycles. The van der Waals surface area contributed by atoms with E-state index in [2.05, 4.69) is 0 Å². The van der Waals surface area contributed by atoms with Crippen LogP contribution in [-0.2, 0) is 9.59 Å². The van der Waals surface area contributed by atoms with E-state index in [-0.39, 0.29) is 18.9 Å². The fourth-order valence-electron chi connectivity index (χ4n) is 2.65. The largest absolute Gasteiger partial charge is 0.481 e. The Bertz CT molecular complexity index is 742. The predicted molar refractivity (Wildman–Crippen MR) is 85.6 cm³/mol. The van der Waals surface area contributed by atoms with Crippen LogP contribution in [0.25, 0.3) is 0 Å². The molecule has 0 saturated heterocycles. The summed E-state index contributed by atoms with van der Waals surface area (Å²) in [6.07, 6.45) is -0.860. The molecule has 0 spiro atoms. The van der Waals surface area contributed by atoms with Crippen molar-refractivity contribution in [3.05, 3.63) is 59.7 Å². The van der Waals surface area contributed by atoms with Crippen molar-refractivity contribution in [2.45, 2.75) is 19.4 Å². The van der Waals surface area contributed by atoms with Gasteiger partial charge in [0.25, 0.3) is 5.91 Å². The third-order valence-electron chi connectivity index (χ3n) is 3.79. The van der Waals surface area contributed by atoms with E-state index in [1.807, 2.05) is 55.5 Å². The van der Waals surface area contributed by atoms with Gasteiger partial charge in [-0.1, -0.05) is 36.4 Å². The van der Waals surface area contributed by atoms with Gasteiger partial charge in [0.1, 0.15) is 5.75 Å². The van der Waals surface area contributed by atoms with Gasteiger partial charge in [0.2, 0.25) is 6.10 Å². The highest BCUT2D eigenvalue weighted by Crippen LogP contribution is 2.39. The van der Waals surface area contributed by atoms with Gasteiger partial charge in [0, 0.05) is 12.1 Å². The predicted octanol–water partition coefficient (Wildman–Crippen LogP) is 2.94. The number of carboxylic acid groups (broad SMARTS) is 1. The smallest absolute Gasteiger partial charge is 0.305 e. The summed E-state index contributed by atoms with van der Waals surface area (Å²) in [6, 6.07) is 14.8. The second-order valence-corrected chi connectivity index (χ2v) is 5.51. The van der Waals surface area contributed by atoms with Crippen LogP contribution in [0.15, 0.2) is 48.5 Å². The molecule has 0 bridgehead atoms. The number of aliphatic carboxylic acids is 1. The summed E-state index contributed by atoms with van der Waals surface area (Å²) in [5.74, 6) is -0.584. The molecule has 0 saturated carbocycles. The van der Waals surface area contributed by atoms with Crippen LogP contribution in [0.2, 0.25) is 0 Å². The third kappa shape index (κ3) is 3.04. The van der Waals surface area contributed by atoms with Crippen LogP contribution in [0.5, 0.6) is 5.75 Å². The zero-order chi connectivity index (χ0) is 16.4. The van der Waals surface area contributed by atoms with Crippen molar-refractivity contribution in [2.75, 3.05) is 11.4 Å². The van der Waals surface area contributed by atoms with E-state index < -0.39 is 12.1 Å². The molecule has 118 valence electrons. The zero-order valence-corrected chi connectivity index (χ0v) is 12.7. The highest BCUT2D eigenvalue weighted by atomic mass is 16.5. The highest BCUT2D eigenvalue weighted by Gasteiger charge is 2.35. The number of rotatable bonds is 4. The topological polar surface area (TPSA) is 66.8 Å². The van der Waals surface area contributed by atoms with E-state index in [1.165, 1.54) is 4.90 Å². The minimum absolute atomic E-state index is 0.110. The molecule has 0 radical (unpaired) electrons.